The molecule has 18 heavy (non-hydrogen) atoms. The largest absolute Gasteiger partial charge is 0.302 e. The van der Waals surface area contributed by atoms with Crippen molar-refractivity contribution in [2.24, 2.45) is 0 Å². The van der Waals surface area contributed by atoms with Crippen LogP contribution in [0.2, 0.25) is 0 Å². The molecule has 0 spiro atoms. The van der Waals surface area contributed by atoms with Crippen LogP contribution < -0.4 is 5.32 Å². The maximum absolute atomic E-state index is 11.4. The molecule has 1 aliphatic heterocycles. The van der Waals surface area contributed by atoms with Crippen molar-refractivity contribution in [3.05, 3.63) is 0 Å². The van der Waals surface area contributed by atoms with E-state index in [0.29, 0.717) is 12.2 Å². The standard InChI is InChI=1S/C12H23N3O2S/c1-10(2)14-11(8-13)4-6-15(3)12-5-7-18(16,17)9-12/h10-12,14H,4-7,9H2,1-3H3. The summed E-state index contributed by atoms with van der Waals surface area (Å²) in [4.78, 5) is 2.07. The van der Waals surface area contributed by atoms with Gasteiger partial charge in [0.2, 0.25) is 0 Å². The third-order valence-electron chi connectivity index (χ3n) is 3.29. The van der Waals surface area contributed by atoms with E-state index in [4.69, 9.17) is 5.26 Å². The number of nitriles is 1. The van der Waals surface area contributed by atoms with Gasteiger partial charge in [-0.2, -0.15) is 5.26 Å². The molecule has 0 bridgehead atoms. The maximum atomic E-state index is 11.4. The van der Waals surface area contributed by atoms with E-state index >= 15 is 0 Å². The second-order valence-corrected chi connectivity index (χ2v) is 7.56. The van der Waals surface area contributed by atoms with Gasteiger partial charge in [0.25, 0.3) is 0 Å². The summed E-state index contributed by atoms with van der Waals surface area (Å²) in [6.07, 6.45) is 1.44. The molecule has 1 heterocycles. The molecular formula is C12H23N3O2S. The lowest BCUT2D eigenvalue weighted by Crippen LogP contribution is -2.39. The molecule has 0 aromatic rings. The molecule has 5 nitrogen and oxygen atoms in total. The summed E-state index contributed by atoms with van der Waals surface area (Å²) in [5.74, 6) is 0.562. The van der Waals surface area contributed by atoms with Gasteiger partial charge < -0.3 is 4.90 Å². The van der Waals surface area contributed by atoms with Crippen LogP contribution in [0.4, 0.5) is 0 Å². The molecule has 1 rings (SSSR count). The first-order chi connectivity index (χ1) is 8.34. The summed E-state index contributed by atoms with van der Waals surface area (Å²) in [7, 11) is -0.886. The number of nitrogens with one attached hydrogen (secondary N) is 1. The Balaban J connectivity index is 2.37. The van der Waals surface area contributed by atoms with Crippen LogP contribution in [0.15, 0.2) is 0 Å². The van der Waals surface area contributed by atoms with Crippen molar-refractivity contribution in [3.63, 3.8) is 0 Å². The SMILES string of the molecule is CC(C)NC(C#N)CCN(C)C1CCS(=O)(=O)C1. The quantitative estimate of drug-likeness (QED) is 0.757. The number of sulfone groups is 1. The van der Waals surface area contributed by atoms with E-state index in [-0.39, 0.29) is 23.9 Å². The summed E-state index contributed by atoms with van der Waals surface area (Å²) in [5.41, 5.74) is 0. The second-order valence-electron chi connectivity index (χ2n) is 5.33. The first-order valence-corrected chi connectivity index (χ1v) is 8.22. The fourth-order valence-corrected chi connectivity index (χ4v) is 4.03. The Morgan fingerprint density at radius 1 is 1.50 bits per heavy atom. The van der Waals surface area contributed by atoms with E-state index < -0.39 is 9.84 Å². The molecule has 0 aromatic heterocycles. The van der Waals surface area contributed by atoms with Gasteiger partial charge in [0, 0.05) is 18.6 Å². The molecule has 0 radical (unpaired) electrons. The van der Waals surface area contributed by atoms with Crippen LogP contribution in [-0.4, -0.2) is 56.5 Å². The van der Waals surface area contributed by atoms with Gasteiger partial charge >= 0.3 is 0 Å². The Labute approximate surface area is 110 Å². The third kappa shape index (κ3) is 4.92. The normalized spacial score (nSPS) is 24.3. The number of nitrogens with zero attached hydrogens (tertiary/aromatic N) is 2. The second kappa shape index (κ2) is 6.50. The first-order valence-electron chi connectivity index (χ1n) is 6.40. The zero-order valence-electron chi connectivity index (χ0n) is 11.4. The van der Waals surface area contributed by atoms with Crippen molar-refractivity contribution in [1.82, 2.24) is 10.2 Å². The zero-order chi connectivity index (χ0) is 13.8. The fourth-order valence-electron chi connectivity index (χ4n) is 2.23. The smallest absolute Gasteiger partial charge is 0.151 e. The molecule has 0 aromatic carbocycles. The van der Waals surface area contributed by atoms with E-state index in [1.165, 1.54) is 0 Å². The Kier molecular flexibility index (Phi) is 5.57. The highest BCUT2D eigenvalue weighted by atomic mass is 32.2. The van der Waals surface area contributed by atoms with Crippen molar-refractivity contribution in [1.29, 1.82) is 5.26 Å². The Morgan fingerprint density at radius 3 is 2.61 bits per heavy atom. The van der Waals surface area contributed by atoms with Crippen LogP contribution >= 0.6 is 0 Å². The molecule has 2 unspecified atom stereocenters. The molecule has 104 valence electrons. The molecule has 0 saturated carbocycles. The molecule has 2 atom stereocenters. The van der Waals surface area contributed by atoms with E-state index in [1.807, 2.05) is 20.9 Å². The number of hydrogen-bond donors (Lipinski definition) is 1. The van der Waals surface area contributed by atoms with E-state index in [2.05, 4.69) is 16.3 Å². The highest BCUT2D eigenvalue weighted by Gasteiger charge is 2.30. The van der Waals surface area contributed by atoms with Crippen molar-refractivity contribution in [3.8, 4) is 6.07 Å². The van der Waals surface area contributed by atoms with Crippen LogP contribution in [0.3, 0.4) is 0 Å². The van der Waals surface area contributed by atoms with Crippen molar-refractivity contribution in [2.45, 2.75) is 44.8 Å². The molecule has 1 saturated heterocycles. The van der Waals surface area contributed by atoms with E-state index in [9.17, 15) is 8.42 Å². The minimum atomic E-state index is -2.83. The Bertz CT molecular complexity index is 400. The molecule has 1 fully saturated rings. The van der Waals surface area contributed by atoms with Gasteiger partial charge in [0.05, 0.1) is 23.6 Å². The zero-order valence-corrected chi connectivity index (χ0v) is 12.2. The predicted molar refractivity (Wildman–Crippen MR) is 72.0 cm³/mol. The lowest BCUT2D eigenvalue weighted by Gasteiger charge is -2.24. The number of hydrogen-bond acceptors (Lipinski definition) is 5. The van der Waals surface area contributed by atoms with Crippen LogP contribution in [0.5, 0.6) is 0 Å². The molecule has 6 heteroatoms. The van der Waals surface area contributed by atoms with E-state index in [0.717, 1.165) is 13.0 Å². The first kappa shape index (κ1) is 15.4. The average molecular weight is 273 g/mol. The van der Waals surface area contributed by atoms with Gasteiger partial charge in [0.15, 0.2) is 9.84 Å². The Morgan fingerprint density at radius 2 is 2.17 bits per heavy atom. The number of rotatable bonds is 6. The van der Waals surface area contributed by atoms with Gasteiger partial charge in [0.1, 0.15) is 0 Å². The summed E-state index contributed by atoms with van der Waals surface area (Å²) >= 11 is 0. The lowest BCUT2D eigenvalue weighted by molar-refractivity contribution is 0.251. The lowest BCUT2D eigenvalue weighted by atomic mass is 10.1. The summed E-state index contributed by atoms with van der Waals surface area (Å²) in [6, 6.07) is 2.48. The summed E-state index contributed by atoms with van der Waals surface area (Å²) in [6.45, 7) is 4.77. The van der Waals surface area contributed by atoms with Crippen molar-refractivity contribution < 1.29 is 8.42 Å². The van der Waals surface area contributed by atoms with Crippen LogP contribution in [0.25, 0.3) is 0 Å². The minimum absolute atomic E-state index is 0.119. The molecule has 0 amide bonds. The topological polar surface area (TPSA) is 73.2 Å². The average Bonchev–Trinajstić information content (AvgIpc) is 2.64. The van der Waals surface area contributed by atoms with Crippen molar-refractivity contribution in [2.75, 3.05) is 25.1 Å². The van der Waals surface area contributed by atoms with E-state index in [1.54, 1.807) is 0 Å². The molecule has 0 aliphatic carbocycles. The predicted octanol–water partition coefficient (Wildman–Crippen LogP) is 0.386. The fraction of sp³-hybridized carbons (Fsp3) is 0.917. The molecule has 1 aliphatic rings. The van der Waals surface area contributed by atoms with Gasteiger partial charge in [-0.1, -0.05) is 0 Å². The molecular weight excluding hydrogens is 250 g/mol. The van der Waals surface area contributed by atoms with Gasteiger partial charge in [-0.05, 0) is 33.7 Å². The van der Waals surface area contributed by atoms with Crippen LogP contribution in [0, 0.1) is 11.3 Å². The maximum Gasteiger partial charge on any atom is 0.151 e. The summed E-state index contributed by atoms with van der Waals surface area (Å²) in [5, 5.41) is 12.2. The van der Waals surface area contributed by atoms with Gasteiger partial charge in [-0.3, -0.25) is 5.32 Å². The summed E-state index contributed by atoms with van der Waals surface area (Å²) < 4.78 is 22.8. The monoisotopic (exact) mass is 273 g/mol. The highest BCUT2D eigenvalue weighted by molar-refractivity contribution is 7.91. The minimum Gasteiger partial charge on any atom is -0.302 e. The van der Waals surface area contributed by atoms with Gasteiger partial charge in [-0.25, -0.2) is 8.42 Å². The third-order valence-corrected chi connectivity index (χ3v) is 5.04. The Hall–Kier alpha value is -0.640. The highest BCUT2D eigenvalue weighted by Crippen LogP contribution is 2.16. The van der Waals surface area contributed by atoms with Crippen LogP contribution in [0.1, 0.15) is 26.7 Å². The van der Waals surface area contributed by atoms with Crippen LogP contribution in [-0.2, 0) is 9.84 Å². The molecule has 1 N–H and O–H groups in total. The van der Waals surface area contributed by atoms with Gasteiger partial charge in [-0.15, -0.1) is 0 Å². The van der Waals surface area contributed by atoms with Crippen molar-refractivity contribution >= 4 is 9.84 Å².